The van der Waals surface area contributed by atoms with E-state index in [1.807, 2.05) is 0 Å². The molecule has 2 N–H and O–H groups in total. The summed E-state index contributed by atoms with van der Waals surface area (Å²) in [6, 6.07) is 4.93. The molecule has 1 aliphatic carbocycles. The SMILES string of the molecule is Cl.NC1CCCC2CN(Cc3cc(F)ccc3Cl)CC12. The second-order valence-corrected chi connectivity index (χ2v) is 6.36. The van der Waals surface area contributed by atoms with Crippen LogP contribution in [0.15, 0.2) is 18.2 Å². The molecule has 1 saturated carbocycles. The Balaban J connectivity index is 0.00000147. The molecule has 3 unspecified atom stereocenters. The maximum absolute atomic E-state index is 13.3. The molecule has 2 fully saturated rings. The van der Waals surface area contributed by atoms with Crippen LogP contribution in [-0.2, 0) is 6.54 Å². The van der Waals surface area contributed by atoms with E-state index >= 15 is 0 Å². The number of nitrogens with zero attached hydrogens (tertiary/aromatic N) is 1. The van der Waals surface area contributed by atoms with Crippen molar-refractivity contribution in [3.05, 3.63) is 34.6 Å². The highest BCUT2D eigenvalue weighted by Gasteiger charge is 2.38. The number of fused-ring (bicyclic) bond motifs is 1. The van der Waals surface area contributed by atoms with Crippen LogP contribution in [0.2, 0.25) is 5.02 Å². The van der Waals surface area contributed by atoms with Crippen molar-refractivity contribution in [2.45, 2.75) is 31.8 Å². The Morgan fingerprint density at radius 2 is 2.10 bits per heavy atom. The molecule has 20 heavy (non-hydrogen) atoms. The van der Waals surface area contributed by atoms with Gasteiger partial charge in [-0.2, -0.15) is 0 Å². The molecule has 112 valence electrons. The number of hydrogen-bond acceptors (Lipinski definition) is 2. The summed E-state index contributed by atoms with van der Waals surface area (Å²) in [4.78, 5) is 2.38. The topological polar surface area (TPSA) is 29.3 Å². The number of hydrogen-bond donors (Lipinski definition) is 1. The molecule has 1 heterocycles. The van der Waals surface area contributed by atoms with Crippen molar-refractivity contribution >= 4 is 24.0 Å². The molecular formula is C15H21Cl2FN2. The van der Waals surface area contributed by atoms with Crippen LogP contribution in [-0.4, -0.2) is 24.0 Å². The quantitative estimate of drug-likeness (QED) is 0.904. The normalized spacial score (nSPS) is 29.9. The van der Waals surface area contributed by atoms with Crippen molar-refractivity contribution in [3.8, 4) is 0 Å². The van der Waals surface area contributed by atoms with Crippen molar-refractivity contribution in [3.63, 3.8) is 0 Å². The molecule has 2 nitrogen and oxygen atoms in total. The van der Waals surface area contributed by atoms with Gasteiger partial charge in [-0.25, -0.2) is 4.39 Å². The third-order valence-electron chi connectivity index (χ3n) is 4.63. The van der Waals surface area contributed by atoms with Gasteiger partial charge in [-0.3, -0.25) is 4.90 Å². The molecule has 1 aromatic rings. The van der Waals surface area contributed by atoms with Gasteiger partial charge in [0.25, 0.3) is 0 Å². The molecule has 3 rings (SSSR count). The summed E-state index contributed by atoms with van der Waals surface area (Å²) in [5.74, 6) is 1.12. The largest absolute Gasteiger partial charge is 0.327 e. The molecular weight excluding hydrogens is 298 g/mol. The first kappa shape index (κ1) is 16.0. The molecule has 0 aromatic heterocycles. The average molecular weight is 319 g/mol. The fourth-order valence-electron chi connectivity index (χ4n) is 3.64. The first-order chi connectivity index (χ1) is 9.13. The van der Waals surface area contributed by atoms with Crippen molar-refractivity contribution in [1.29, 1.82) is 0 Å². The lowest BCUT2D eigenvalue weighted by Gasteiger charge is -2.29. The number of rotatable bonds is 2. The van der Waals surface area contributed by atoms with Crippen LogP contribution < -0.4 is 5.73 Å². The molecule has 5 heteroatoms. The second-order valence-electron chi connectivity index (χ2n) is 5.95. The lowest BCUT2D eigenvalue weighted by molar-refractivity contribution is 0.259. The summed E-state index contributed by atoms with van der Waals surface area (Å²) in [6.45, 7) is 2.83. The molecule has 0 spiro atoms. The predicted molar refractivity (Wildman–Crippen MR) is 82.7 cm³/mol. The zero-order valence-electron chi connectivity index (χ0n) is 11.4. The van der Waals surface area contributed by atoms with Crippen LogP contribution >= 0.6 is 24.0 Å². The van der Waals surface area contributed by atoms with E-state index in [4.69, 9.17) is 17.3 Å². The molecule has 0 amide bonds. The van der Waals surface area contributed by atoms with Crippen LogP contribution in [0.1, 0.15) is 24.8 Å². The van der Waals surface area contributed by atoms with Crippen molar-refractivity contribution in [2.24, 2.45) is 17.6 Å². The monoisotopic (exact) mass is 318 g/mol. The van der Waals surface area contributed by atoms with E-state index in [2.05, 4.69) is 4.90 Å². The van der Waals surface area contributed by atoms with Gasteiger partial charge >= 0.3 is 0 Å². The minimum Gasteiger partial charge on any atom is -0.327 e. The molecule has 1 aliphatic heterocycles. The molecule has 1 saturated heterocycles. The van der Waals surface area contributed by atoms with Crippen molar-refractivity contribution in [2.75, 3.05) is 13.1 Å². The highest BCUT2D eigenvalue weighted by Crippen LogP contribution is 2.36. The Morgan fingerprint density at radius 1 is 1.30 bits per heavy atom. The van der Waals surface area contributed by atoms with E-state index < -0.39 is 0 Å². The molecule has 0 radical (unpaired) electrons. The van der Waals surface area contributed by atoms with Gasteiger partial charge in [0.2, 0.25) is 0 Å². The Hall–Kier alpha value is -0.350. The Labute approximate surface area is 130 Å². The highest BCUT2D eigenvalue weighted by atomic mass is 35.5. The molecule has 1 aromatic carbocycles. The summed E-state index contributed by atoms with van der Waals surface area (Å²) in [6.07, 6.45) is 3.68. The number of benzene rings is 1. The third kappa shape index (κ3) is 3.28. The molecule has 3 atom stereocenters. The average Bonchev–Trinajstić information content (AvgIpc) is 2.78. The van der Waals surface area contributed by atoms with Gasteiger partial charge < -0.3 is 5.73 Å². The Morgan fingerprint density at radius 3 is 2.85 bits per heavy atom. The smallest absolute Gasteiger partial charge is 0.123 e. The van der Waals surface area contributed by atoms with Crippen LogP contribution in [0.5, 0.6) is 0 Å². The Kier molecular flexibility index (Phi) is 5.30. The lowest BCUT2D eigenvalue weighted by atomic mass is 9.78. The minimum absolute atomic E-state index is 0. The summed E-state index contributed by atoms with van der Waals surface area (Å²) >= 11 is 6.14. The van der Waals surface area contributed by atoms with Crippen LogP contribution in [0, 0.1) is 17.7 Å². The van der Waals surface area contributed by atoms with E-state index in [0.717, 1.165) is 37.5 Å². The Bertz CT molecular complexity index is 469. The number of likely N-dealkylation sites (tertiary alicyclic amines) is 1. The standard InChI is InChI=1S/C15H20ClFN2.ClH/c16-14-5-4-12(17)6-11(14)8-19-7-10-2-1-3-15(18)13(10)9-19;/h4-6,10,13,15H,1-3,7-9,18H2;1H. The first-order valence-electron chi connectivity index (χ1n) is 7.05. The van der Waals surface area contributed by atoms with E-state index in [1.165, 1.54) is 18.9 Å². The van der Waals surface area contributed by atoms with Gasteiger partial charge in [-0.1, -0.05) is 18.0 Å². The van der Waals surface area contributed by atoms with E-state index in [-0.39, 0.29) is 18.2 Å². The predicted octanol–water partition coefficient (Wildman–Crippen LogP) is 3.46. The fraction of sp³-hybridized carbons (Fsp3) is 0.600. The summed E-state index contributed by atoms with van der Waals surface area (Å²) in [7, 11) is 0. The number of halogens is 3. The van der Waals surface area contributed by atoms with Crippen LogP contribution in [0.25, 0.3) is 0 Å². The maximum Gasteiger partial charge on any atom is 0.123 e. The lowest BCUT2D eigenvalue weighted by Crippen LogP contribution is -2.38. The highest BCUT2D eigenvalue weighted by molar-refractivity contribution is 6.31. The van der Waals surface area contributed by atoms with Crippen LogP contribution in [0.4, 0.5) is 4.39 Å². The number of nitrogens with two attached hydrogens (primary N) is 1. The van der Waals surface area contributed by atoms with Gasteiger partial charge in [0, 0.05) is 30.7 Å². The van der Waals surface area contributed by atoms with Gasteiger partial charge in [-0.15, -0.1) is 12.4 Å². The van der Waals surface area contributed by atoms with Crippen molar-refractivity contribution in [1.82, 2.24) is 4.90 Å². The first-order valence-corrected chi connectivity index (χ1v) is 7.43. The maximum atomic E-state index is 13.3. The summed E-state index contributed by atoms with van der Waals surface area (Å²) < 4.78 is 13.3. The van der Waals surface area contributed by atoms with E-state index in [9.17, 15) is 4.39 Å². The summed E-state index contributed by atoms with van der Waals surface area (Å²) in [5.41, 5.74) is 7.10. The fourth-order valence-corrected chi connectivity index (χ4v) is 3.82. The van der Waals surface area contributed by atoms with Gasteiger partial charge in [-0.05, 0) is 48.4 Å². The third-order valence-corrected chi connectivity index (χ3v) is 5.00. The molecule has 0 bridgehead atoms. The van der Waals surface area contributed by atoms with E-state index in [0.29, 0.717) is 17.0 Å². The zero-order chi connectivity index (χ0) is 13.4. The van der Waals surface area contributed by atoms with Gasteiger partial charge in [0.15, 0.2) is 0 Å². The second kappa shape index (κ2) is 6.61. The zero-order valence-corrected chi connectivity index (χ0v) is 13.0. The minimum atomic E-state index is -0.215. The van der Waals surface area contributed by atoms with Gasteiger partial charge in [0.1, 0.15) is 5.82 Å². The summed E-state index contributed by atoms with van der Waals surface area (Å²) in [5, 5.41) is 0.653. The van der Waals surface area contributed by atoms with Crippen molar-refractivity contribution < 1.29 is 4.39 Å². The molecule has 2 aliphatic rings. The van der Waals surface area contributed by atoms with Crippen LogP contribution in [0.3, 0.4) is 0 Å². The van der Waals surface area contributed by atoms with Gasteiger partial charge in [0.05, 0.1) is 0 Å². The van der Waals surface area contributed by atoms with E-state index in [1.54, 1.807) is 12.1 Å².